The van der Waals surface area contributed by atoms with Crippen molar-refractivity contribution in [3.8, 4) is 0 Å². The van der Waals surface area contributed by atoms with Crippen LogP contribution in [-0.2, 0) is 0 Å². The molecule has 0 aliphatic carbocycles. The number of halogens is 1. The number of anilines is 1. The highest BCUT2D eigenvalue weighted by molar-refractivity contribution is 5.41. The molecule has 1 aliphatic heterocycles. The van der Waals surface area contributed by atoms with Gasteiger partial charge >= 0.3 is 0 Å². The maximum atomic E-state index is 13.8. The van der Waals surface area contributed by atoms with Crippen LogP contribution in [0.1, 0.15) is 33.1 Å². The minimum absolute atomic E-state index is 0.214. The molecule has 1 unspecified atom stereocenters. The third-order valence-corrected chi connectivity index (χ3v) is 3.40. The van der Waals surface area contributed by atoms with E-state index < -0.39 is 0 Å². The van der Waals surface area contributed by atoms with Gasteiger partial charge in [-0.25, -0.2) is 9.37 Å². The first kappa shape index (κ1) is 13.3. The number of pyridine rings is 1. The summed E-state index contributed by atoms with van der Waals surface area (Å²) in [7, 11) is 0. The molecule has 100 valence electrons. The molecular weight excluding hydrogens is 229 g/mol. The molecule has 3 nitrogen and oxygen atoms in total. The average molecular weight is 251 g/mol. The molecule has 1 aromatic rings. The molecule has 2 heterocycles. The number of aromatic nitrogens is 1. The Balaban J connectivity index is 2.10. The molecule has 1 saturated heterocycles. The van der Waals surface area contributed by atoms with Crippen LogP contribution in [0.25, 0.3) is 0 Å². The first-order valence-corrected chi connectivity index (χ1v) is 6.79. The van der Waals surface area contributed by atoms with Gasteiger partial charge in [0, 0.05) is 31.4 Å². The van der Waals surface area contributed by atoms with Gasteiger partial charge in [0.25, 0.3) is 0 Å². The Hall–Kier alpha value is -1.16. The van der Waals surface area contributed by atoms with Gasteiger partial charge in [-0.2, -0.15) is 0 Å². The predicted octanol–water partition coefficient (Wildman–Crippen LogP) is 2.58. The molecule has 1 N–H and O–H groups in total. The van der Waals surface area contributed by atoms with Crippen LogP contribution >= 0.6 is 0 Å². The van der Waals surface area contributed by atoms with E-state index in [9.17, 15) is 4.39 Å². The van der Waals surface area contributed by atoms with Crippen LogP contribution in [0.2, 0.25) is 0 Å². The van der Waals surface area contributed by atoms with Gasteiger partial charge in [0.2, 0.25) is 0 Å². The smallest absolute Gasteiger partial charge is 0.165 e. The summed E-state index contributed by atoms with van der Waals surface area (Å²) in [6, 6.07) is 3.95. The first-order chi connectivity index (χ1) is 8.68. The third kappa shape index (κ3) is 3.19. The van der Waals surface area contributed by atoms with Crippen molar-refractivity contribution in [1.82, 2.24) is 10.3 Å². The molecule has 18 heavy (non-hydrogen) atoms. The van der Waals surface area contributed by atoms with Crippen LogP contribution in [0, 0.1) is 5.82 Å². The normalized spacial score (nSPS) is 20.4. The number of rotatable bonds is 4. The van der Waals surface area contributed by atoms with Crippen molar-refractivity contribution < 1.29 is 4.39 Å². The summed E-state index contributed by atoms with van der Waals surface area (Å²) in [6.07, 6.45) is 5.11. The zero-order valence-corrected chi connectivity index (χ0v) is 11.2. The molecule has 1 aliphatic rings. The topological polar surface area (TPSA) is 28.2 Å². The van der Waals surface area contributed by atoms with Crippen molar-refractivity contribution in [3.05, 3.63) is 24.1 Å². The summed E-state index contributed by atoms with van der Waals surface area (Å²) in [5, 5.41) is 3.44. The summed E-state index contributed by atoms with van der Waals surface area (Å²) < 4.78 is 13.8. The Morgan fingerprint density at radius 3 is 3.06 bits per heavy atom. The van der Waals surface area contributed by atoms with E-state index in [4.69, 9.17) is 0 Å². The van der Waals surface area contributed by atoms with Crippen molar-refractivity contribution in [2.24, 2.45) is 0 Å². The lowest BCUT2D eigenvalue weighted by molar-refractivity contribution is 0.413. The molecule has 4 heteroatoms. The van der Waals surface area contributed by atoms with Gasteiger partial charge in [0.05, 0.1) is 0 Å². The zero-order chi connectivity index (χ0) is 13.0. The van der Waals surface area contributed by atoms with Crippen molar-refractivity contribution >= 4 is 5.82 Å². The highest BCUT2D eigenvalue weighted by Crippen LogP contribution is 2.24. The summed E-state index contributed by atoms with van der Waals surface area (Å²) >= 11 is 0. The van der Waals surface area contributed by atoms with Gasteiger partial charge in [-0.05, 0) is 31.4 Å². The maximum Gasteiger partial charge on any atom is 0.165 e. The molecule has 1 fully saturated rings. The van der Waals surface area contributed by atoms with E-state index in [1.54, 1.807) is 12.3 Å². The molecule has 1 aromatic heterocycles. The highest BCUT2D eigenvalue weighted by Gasteiger charge is 2.25. The SMILES string of the molecule is CC(C)NCC1CCCCN1c1ncccc1F. The fraction of sp³-hybridized carbons (Fsp3) is 0.643. The fourth-order valence-electron chi connectivity index (χ4n) is 2.45. The monoisotopic (exact) mass is 251 g/mol. The van der Waals surface area contributed by atoms with E-state index in [-0.39, 0.29) is 5.82 Å². The van der Waals surface area contributed by atoms with Gasteiger partial charge in [-0.1, -0.05) is 13.8 Å². The lowest BCUT2D eigenvalue weighted by Gasteiger charge is -2.37. The molecule has 2 rings (SSSR count). The van der Waals surface area contributed by atoms with Crippen LogP contribution in [0.15, 0.2) is 18.3 Å². The Bertz CT molecular complexity index is 381. The van der Waals surface area contributed by atoms with Crippen molar-refractivity contribution in [2.75, 3.05) is 18.0 Å². The predicted molar refractivity (Wildman–Crippen MR) is 72.3 cm³/mol. The summed E-state index contributed by atoms with van der Waals surface area (Å²) in [6.45, 7) is 6.06. The largest absolute Gasteiger partial charge is 0.350 e. The molecule has 0 radical (unpaired) electrons. The molecule has 0 bridgehead atoms. The second kappa shape index (κ2) is 6.14. The van der Waals surface area contributed by atoms with Crippen LogP contribution in [-0.4, -0.2) is 30.2 Å². The highest BCUT2D eigenvalue weighted by atomic mass is 19.1. The van der Waals surface area contributed by atoms with Crippen LogP contribution in [0.4, 0.5) is 10.2 Å². The first-order valence-electron chi connectivity index (χ1n) is 6.79. The summed E-state index contributed by atoms with van der Waals surface area (Å²) in [4.78, 5) is 6.32. The molecule has 0 saturated carbocycles. The Labute approximate surface area is 108 Å². The van der Waals surface area contributed by atoms with Gasteiger partial charge in [0.1, 0.15) is 0 Å². The average Bonchev–Trinajstić information content (AvgIpc) is 2.37. The molecule has 0 amide bonds. The summed E-state index contributed by atoms with van der Waals surface area (Å²) in [5.41, 5.74) is 0. The van der Waals surface area contributed by atoms with E-state index in [1.165, 1.54) is 12.5 Å². The van der Waals surface area contributed by atoms with Crippen molar-refractivity contribution in [2.45, 2.75) is 45.2 Å². The Morgan fingerprint density at radius 2 is 2.33 bits per heavy atom. The van der Waals surface area contributed by atoms with E-state index in [1.807, 2.05) is 0 Å². The minimum Gasteiger partial charge on any atom is -0.350 e. The van der Waals surface area contributed by atoms with E-state index in [0.717, 1.165) is 25.9 Å². The number of hydrogen-bond acceptors (Lipinski definition) is 3. The second-order valence-electron chi connectivity index (χ2n) is 5.21. The molecule has 1 atom stereocenters. The number of hydrogen-bond donors (Lipinski definition) is 1. The summed E-state index contributed by atoms with van der Waals surface area (Å²) in [5.74, 6) is 0.293. The van der Waals surface area contributed by atoms with E-state index in [2.05, 4.69) is 29.0 Å². The standard InChI is InChI=1S/C14H22FN3/c1-11(2)17-10-12-6-3-4-9-18(12)14-13(15)7-5-8-16-14/h5,7-8,11-12,17H,3-4,6,9-10H2,1-2H3. The lowest BCUT2D eigenvalue weighted by Crippen LogP contribution is -2.47. The second-order valence-corrected chi connectivity index (χ2v) is 5.21. The van der Waals surface area contributed by atoms with Gasteiger partial charge in [-0.3, -0.25) is 0 Å². The van der Waals surface area contributed by atoms with Gasteiger partial charge in [-0.15, -0.1) is 0 Å². The zero-order valence-electron chi connectivity index (χ0n) is 11.2. The van der Waals surface area contributed by atoms with E-state index in [0.29, 0.717) is 17.9 Å². The van der Waals surface area contributed by atoms with Crippen LogP contribution in [0.5, 0.6) is 0 Å². The number of nitrogens with zero attached hydrogens (tertiary/aromatic N) is 2. The third-order valence-electron chi connectivity index (χ3n) is 3.40. The van der Waals surface area contributed by atoms with Crippen molar-refractivity contribution in [3.63, 3.8) is 0 Å². The van der Waals surface area contributed by atoms with Gasteiger partial charge < -0.3 is 10.2 Å². The number of piperidine rings is 1. The Kier molecular flexibility index (Phi) is 4.53. The maximum absolute atomic E-state index is 13.8. The molecular formula is C14H22FN3. The number of nitrogens with one attached hydrogen (secondary N) is 1. The fourth-order valence-corrected chi connectivity index (χ4v) is 2.45. The lowest BCUT2D eigenvalue weighted by atomic mass is 10.0. The van der Waals surface area contributed by atoms with Crippen LogP contribution in [0.3, 0.4) is 0 Å². The molecule has 0 aromatic carbocycles. The Morgan fingerprint density at radius 1 is 1.50 bits per heavy atom. The van der Waals surface area contributed by atoms with Gasteiger partial charge in [0.15, 0.2) is 11.6 Å². The quantitative estimate of drug-likeness (QED) is 0.891. The van der Waals surface area contributed by atoms with E-state index >= 15 is 0 Å². The van der Waals surface area contributed by atoms with Crippen LogP contribution < -0.4 is 10.2 Å². The minimum atomic E-state index is -0.214. The molecule has 0 spiro atoms. The van der Waals surface area contributed by atoms with Crippen molar-refractivity contribution in [1.29, 1.82) is 0 Å².